The van der Waals surface area contributed by atoms with E-state index in [0.717, 1.165) is 19.4 Å². The van der Waals surface area contributed by atoms with Crippen LogP contribution in [0.2, 0.25) is 0 Å². The van der Waals surface area contributed by atoms with Gasteiger partial charge >= 0.3 is 0 Å². The molecule has 76 valence electrons. The Morgan fingerprint density at radius 1 is 1.29 bits per heavy atom. The molecule has 0 unspecified atom stereocenters. The summed E-state index contributed by atoms with van der Waals surface area (Å²) in [5.41, 5.74) is 2.81. The van der Waals surface area contributed by atoms with Gasteiger partial charge in [0.15, 0.2) is 0 Å². The van der Waals surface area contributed by atoms with E-state index in [1.54, 1.807) is 0 Å². The average Bonchev–Trinajstić information content (AvgIpc) is 2.20. The molecule has 1 heteroatoms. The molecule has 0 saturated carbocycles. The van der Waals surface area contributed by atoms with Crippen molar-refractivity contribution in [3.63, 3.8) is 0 Å². The van der Waals surface area contributed by atoms with E-state index < -0.39 is 0 Å². The van der Waals surface area contributed by atoms with Gasteiger partial charge in [0.25, 0.3) is 0 Å². The van der Waals surface area contributed by atoms with Crippen molar-refractivity contribution in [3.8, 4) is 0 Å². The third-order valence-corrected chi connectivity index (χ3v) is 2.17. The summed E-state index contributed by atoms with van der Waals surface area (Å²) in [4.78, 5) is 0. The Morgan fingerprint density at radius 3 is 2.64 bits per heavy atom. The molecule has 0 fully saturated rings. The fraction of sp³-hybridized carbons (Fsp3) is 0.385. The molecule has 0 aliphatic heterocycles. The predicted molar refractivity (Wildman–Crippen MR) is 61.5 cm³/mol. The van der Waals surface area contributed by atoms with Gasteiger partial charge in [-0.2, -0.15) is 0 Å². The van der Waals surface area contributed by atoms with E-state index in [1.165, 1.54) is 11.1 Å². The quantitative estimate of drug-likeness (QED) is 0.385. The Hall–Kier alpha value is -1.08. The maximum atomic E-state index is 4.07. The van der Waals surface area contributed by atoms with E-state index >= 15 is 0 Å². The lowest BCUT2D eigenvalue weighted by molar-refractivity contribution is 0.0191. The largest absolute Gasteiger partial charge is 0.436 e. The molecule has 0 saturated heterocycles. The summed E-state index contributed by atoms with van der Waals surface area (Å²) < 4.78 is 4.07. The zero-order valence-electron chi connectivity index (χ0n) is 9.03. The minimum Gasteiger partial charge on any atom is -0.436 e. The fourth-order valence-corrected chi connectivity index (χ4v) is 1.43. The SMILES string of the molecule is C[OH+]CC/C=C(\C)Cc1ccccc1. The number of rotatable bonds is 5. The van der Waals surface area contributed by atoms with Gasteiger partial charge in [0.1, 0.15) is 13.7 Å². The monoisotopic (exact) mass is 191 g/mol. The fourth-order valence-electron chi connectivity index (χ4n) is 1.43. The zero-order valence-corrected chi connectivity index (χ0v) is 9.03. The van der Waals surface area contributed by atoms with Gasteiger partial charge in [0, 0.05) is 6.42 Å². The van der Waals surface area contributed by atoms with Crippen molar-refractivity contribution >= 4 is 0 Å². The first-order valence-electron chi connectivity index (χ1n) is 5.08. The second kappa shape index (κ2) is 6.39. The van der Waals surface area contributed by atoms with E-state index in [-0.39, 0.29) is 0 Å². The van der Waals surface area contributed by atoms with Gasteiger partial charge in [-0.15, -0.1) is 0 Å². The van der Waals surface area contributed by atoms with Crippen LogP contribution in [-0.2, 0) is 6.42 Å². The van der Waals surface area contributed by atoms with Crippen molar-refractivity contribution in [2.75, 3.05) is 13.7 Å². The van der Waals surface area contributed by atoms with Gasteiger partial charge in [-0.3, -0.25) is 0 Å². The van der Waals surface area contributed by atoms with Crippen LogP contribution in [0.4, 0.5) is 0 Å². The van der Waals surface area contributed by atoms with Gasteiger partial charge in [0.2, 0.25) is 0 Å². The third kappa shape index (κ3) is 4.24. The number of allylic oxidation sites excluding steroid dienone is 1. The highest BCUT2D eigenvalue weighted by atomic mass is 16.5. The maximum absolute atomic E-state index is 4.07. The molecule has 14 heavy (non-hydrogen) atoms. The van der Waals surface area contributed by atoms with Gasteiger partial charge in [-0.1, -0.05) is 42.0 Å². The molecule has 1 N–H and O–H groups in total. The molecule has 0 aromatic heterocycles. The molecular formula is C13H19O+. The second-order valence-corrected chi connectivity index (χ2v) is 3.54. The van der Waals surface area contributed by atoms with Crippen LogP contribution in [0.3, 0.4) is 0 Å². The second-order valence-electron chi connectivity index (χ2n) is 3.54. The summed E-state index contributed by atoms with van der Waals surface area (Å²) in [5, 5.41) is 0. The van der Waals surface area contributed by atoms with Gasteiger partial charge < -0.3 is 4.74 Å². The molecule has 0 radical (unpaired) electrons. The van der Waals surface area contributed by atoms with Crippen LogP contribution in [0.1, 0.15) is 18.9 Å². The standard InChI is InChI=1S/C13H18O/c1-12(7-6-10-14-2)11-13-8-4-3-5-9-13/h3-5,7-9H,6,10-11H2,1-2H3/p+1/b12-7+. The summed E-state index contributed by atoms with van der Waals surface area (Å²) in [6.45, 7) is 3.12. The molecule has 0 aliphatic rings. The predicted octanol–water partition coefficient (Wildman–Crippen LogP) is 2.72. The van der Waals surface area contributed by atoms with Crippen molar-refractivity contribution in [3.05, 3.63) is 47.5 Å². The van der Waals surface area contributed by atoms with E-state index in [0.29, 0.717) is 0 Å². The molecule has 1 rings (SSSR count). The van der Waals surface area contributed by atoms with Crippen LogP contribution >= 0.6 is 0 Å². The molecular weight excluding hydrogens is 172 g/mol. The van der Waals surface area contributed by atoms with Gasteiger partial charge in [-0.25, -0.2) is 0 Å². The van der Waals surface area contributed by atoms with Crippen LogP contribution in [0.25, 0.3) is 0 Å². The first-order valence-corrected chi connectivity index (χ1v) is 5.08. The van der Waals surface area contributed by atoms with E-state index in [2.05, 4.69) is 48.1 Å². The molecule has 0 amide bonds. The summed E-state index contributed by atoms with van der Waals surface area (Å²) in [7, 11) is 1.86. The minimum absolute atomic E-state index is 0.937. The van der Waals surface area contributed by atoms with E-state index in [1.807, 2.05) is 7.11 Å². The average molecular weight is 191 g/mol. The lowest BCUT2D eigenvalue weighted by Gasteiger charge is -2.01. The smallest absolute Gasteiger partial charge is 0.148 e. The molecule has 0 aliphatic carbocycles. The van der Waals surface area contributed by atoms with Crippen molar-refractivity contribution in [1.82, 2.24) is 0 Å². The molecule has 1 nitrogen and oxygen atoms in total. The van der Waals surface area contributed by atoms with Crippen LogP contribution in [0.5, 0.6) is 0 Å². The van der Waals surface area contributed by atoms with Crippen LogP contribution in [0, 0.1) is 0 Å². The van der Waals surface area contributed by atoms with Crippen molar-refractivity contribution in [2.45, 2.75) is 19.8 Å². The highest BCUT2D eigenvalue weighted by Gasteiger charge is 1.93. The summed E-state index contributed by atoms with van der Waals surface area (Å²) in [5.74, 6) is 0. The topological polar surface area (TPSA) is 12.8 Å². The van der Waals surface area contributed by atoms with E-state index in [4.69, 9.17) is 0 Å². The highest BCUT2D eigenvalue weighted by molar-refractivity contribution is 5.20. The number of benzene rings is 1. The first-order chi connectivity index (χ1) is 6.83. The van der Waals surface area contributed by atoms with Crippen LogP contribution in [-0.4, -0.2) is 18.5 Å². The Balaban J connectivity index is 2.40. The summed E-state index contributed by atoms with van der Waals surface area (Å²) in [6, 6.07) is 10.6. The Labute approximate surface area is 86.4 Å². The van der Waals surface area contributed by atoms with Crippen molar-refractivity contribution in [2.24, 2.45) is 0 Å². The lowest BCUT2D eigenvalue weighted by Crippen LogP contribution is -1.92. The van der Waals surface area contributed by atoms with Crippen molar-refractivity contribution < 1.29 is 4.74 Å². The number of ether oxygens (including phenoxy) is 1. The summed E-state index contributed by atoms with van der Waals surface area (Å²) >= 11 is 0. The van der Waals surface area contributed by atoms with Crippen LogP contribution in [0.15, 0.2) is 42.0 Å². The van der Waals surface area contributed by atoms with E-state index in [9.17, 15) is 0 Å². The zero-order chi connectivity index (χ0) is 10.2. The third-order valence-electron chi connectivity index (χ3n) is 2.17. The summed E-state index contributed by atoms with van der Waals surface area (Å²) in [6.07, 6.45) is 4.40. The number of hydrogen-bond acceptors (Lipinski definition) is 0. The first kappa shape index (κ1) is 11.0. The Morgan fingerprint density at radius 2 is 2.00 bits per heavy atom. The minimum atomic E-state index is 0.937. The Kier molecular flexibility index (Phi) is 5.02. The normalized spacial score (nSPS) is 11.7. The van der Waals surface area contributed by atoms with Gasteiger partial charge in [0.05, 0.1) is 0 Å². The number of hydrogen-bond donors (Lipinski definition) is 0. The molecule has 1 aromatic carbocycles. The highest BCUT2D eigenvalue weighted by Crippen LogP contribution is 2.07. The molecule has 0 spiro atoms. The van der Waals surface area contributed by atoms with Gasteiger partial charge in [-0.05, 0) is 18.9 Å². The molecule has 0 atom stereocenters. The Bertz CT molecular complexity index is 275. The molecule has 1 aromatic rings. The van der Waals surface area contributed by atoms with Crippen LogP contribution < -0.4 is 0 Å². The molecule has 0 heterocycles. The maximum Gasteiger partial charge on any atom is 0.148 e. The molecule has 0 bridgehead atoms. The van der Waals surface area contributed by atoms with Crippen molar-refractivity contribution in [1.29, 1.82) is 0 Å². The lowest BCUT2D eigenvalue weighted by atomic mass is 10.1. The number of aliphatic hydroxyl groups is 2.